The van der Waals surface area contributed by atoms with Crippen LogP contribution in [0.2, 0.25) is 0 Å². The van der Waals surface area contributed by atoms with Crippen LogP contribution in [0.3, 0.4) is 0 Å². The minimum Gasteiger partial charge on any atom is -0.444 e. The van der Waals surface area contributed by atoms with Crippen LogP contribution in [0, 0.1) is 16.7 Å². The smallest absolute Gasteiger partial charge is 0.205 e. The quantitative estimate of drug-likeness (QED) is 0.890. The van der Waals surface area contributed by atoms with E-state index in [1.54, 1.807) is 16.9 Å². The Kier molecular flexibility index (Phi) is 4.63. The van der Waals surface area contributed by atoms with Gasteiger partial charge in [0.15, 0.2) is 5.78 Å². The van der Waals surface area contributed by atoms with Crippen LogP contribution in [0.25, 0.3) is 0 Å². The van der Waals surface area contributed by atoms with Crippen molar-refractivity contribution >= 4 is 5.78 Å². The van der Waals surface area contributed by atoms with Gasteiger partial charge in [-0.2, -0.15) is 10.4 Å². The molecular formula is C19H24N4O3. The van der Waals surface area contributed by atoms with Crippen molar-refractivity contribution in [3.63, 3.8) is 0 Å². The summed E-state index contributed by atoms with van der Waals surface area (Å²) in [7, 11) is 0. The first-order valence-corrected chi connectivity index (χ1v) is 8.78. The average molecular weight is 356 g/mol. The minimum atomic E-state index is -0.585. The third kappa shape index (κ3) is 3.01. The molecule has 0 fully saturated rings. The molecule has 0 saturated heterocycles. The van der Waals surface area contributed by atoms with E-state index in [0.29, 0.717) is 36.5 Å². The maximum atomic E-state index is 13.0. The van der Waals surface area contributed by atoms with Crippen molar-refractivity contribution in [3.8, 4) is 6.07 Å². The number of hydrogen-bond acceptors (Lipinski definition) is 6. The van der Waals surface area contributed by atoms with E-state index in [9.17, 15) is 10.1 Å². The number of nitrogens with two attached hydrogens (primary N) is 1. The van der Waals surface area contributed by atoms with E-state index in [0.717, 1.165) is 0 Å². The standard InChI is InChI=1S/C19H24N4O3/c1-5-25-11(2)23-13(6-7-22-23)16-12(10-20)18(21)26-15-9-19(3,4)8-14(24)17(15)16/h6-7,11,16H,5,8-9,21H2,1-4H3. The van der Waals surface area contributed by atoms with E-state index in [4.69, 9.17) is 15.2 Å². The normalized spacial score (nSPS) is 23.3. The first-order chi connectivity index (χ1) is 12.3. The molecule has 1 aliphatic carbocycles. The molecule has 0 spiro atoms. The lowest BCUT2D eigenvalue weighted by molar-refractivity contribution is -0.119. The lowest BCUT2D eigenvalue weighted by atomic mass is 9.71. The number of Topliss-reactive ketones (excluding diaryl/α,β-unsaturated/α-hetero) is 1. The summed E-state index contributed by atoms with van der Waals surface area (Å²) in [6, 6.07) is 3.93. The Morgan fingerprint density at radius 1 is 1.54 bits per heavy atom. The average Bonchev–Trinajstić information content (AvgIpc) is 3.01. The van der Waals surface area contributed by atoms with Crippen LogP contribution < -0.4 is 5.73 Å². The number of allylic oxidation sites excluding steroid dienone is 3. The third-order valence-electron chi connectivity index (χ3n) is 4.82. The number of ketones is 1. The molecule has 1 aliphatic heterocycles. The Morgan fingerprint density at radius 2 is 2.27 bits per heavy atom. The third-order valence-corrected chi connectivity index (χ3v) is 4.82. The molecule has 2 unspecified atom stereocenters. The van der Waals surface area contributed by atoms with Gasteiger partial charge in [0.1, 0.15) is 23.6 Å². The number of nitriles is 1. The minimum absolute atomic E-state index is 0.0155. The molecular weight excluding hydrogens is 332 g/mol. The topological polar surface area (TPSA) is 103 Å². The Labute approximate surface area is 153 Å². The maximum absolute atomic E-state index is 13.0. The molecule has 2 aliphatic rings. The summed E-state index contributed by atoms with van der Waals surface area (Å²) in [6.07, 6.45) is 2.31. The van der Waals surface area contributed by atoms with E-state index in [1.165, 1.54) is 0 Å². The van der Waals surface area contributed by atoms with Gasteiger partial charge < -0.3 is 15.2 Å². The van der Waals surface area contributed by atoms with Crippen LogP contribution in [0.15, 0.2) is 35.1 Å². The van der Waals surface area contributed by atoms with Crippen LogP contribution >= 0.6 is 0 Å². The van der Waals surface area contributed by atoms with Crippen LogP contribution in [0.4, 0.5) is 0 Å². The van der Waals surface area contributed by atoms with Gasteiger partial charge in [0.25, 0.3) is 0 Å². The molecule has 0 radical (unpaired) electrons. The van der Waals surface area contributed by atoms with Gasteiger partial charge in [0, 0.05) is 31.2 Å². The van der Waals surface area contributed by atoms with Crippen LogP contribution in [0.1, 0.15) is 58.4 Å². The fourth-order valence-corrected chi connectivity index (χ4v) is 3.75. The van der Waals surface area contributed by atoms with Gasteiger partial charge in [0.05, 0.1) is 11.6 Å². The van der Waals surface area contributed by atoms with E-state index in [1.807, 2.05) is 27.7 Å². The zero-order valence-corrected chi connectivity index (χ0v) is 15.6. The van der Waals surface area contributed by atoms with Gasteiger partial charge in [-0.3, -0.25) is 4.79 Å². The first kappa shape index (κ1) is 18.2. The van der Waals surface area contributed by atoms with Gasteiger partial charge in [0.2, 0.25) is 5.88 Å². The van der Waals surface area contributed by atoms with E-state index in [-0.39, 0.29) is 28.9 Å². The Hall–Kier alpha value is -2.59. The highest BCUT2D eigenvalue weighted by atomic mass is 16.5. The molecule has 2 heterocycles. The van der Waals surface area contributed by atoms with Crippen molar-refractivity contribution in [2.75, 3.05) is 6.61 Å². The van der Waals surface area contributed by atoms with Gasteiger partial charge in [-0.25, -0.2) is 4.68 Å². The monoisotopic (exact) mass is 356 g/mol. The van der Waals surface area contributed by atoms with E-state index < -0.39 is 5.92 Å². The van der Waals surface area contributed by atoms with Crippen molar-refractivity contribution in [1.29, 1.82) is 5.26 Å². The second-order valence-electron chi connectivity index (χ2n) is 7.46. The van der Waals surface area contributed by atoms with Crippen molar-refractivity contribution in [3.05, 3.63) is 40.7 Å². The molecule has 0 amide bonds. The predicted octanol–water partition coefficient (Wildman–Crippen LogP) is 2.89. The van der Waals surface area contributed by atoms with Crippen molar-refractivity contribution in [2.45, 2.75) is 52.7 Å². The number of rotatable bonds is 4. The van der Waals surface area contributed by atoms with Gasteiger partial charge in [-0.1, -0.05) is 13.8 Å². The molecule has 7 heteroatoms. The number of nitrogens with zero attached hydrogens (tertiary/aromatic N) is 3. The van der Waals surface area contributed by atoms with Gasteiger partial charge in [-0.05, 0) is 25.3 Å². The second kappa shape index (κ2) is 6.61. The summed E-state index contributed by atoms with van der Waals surface area (Å²) < 4.78 is 13.1. The first-order valence-electron chi connectivity index (χ1n) is 8.78. The number of ether oxygens (including phenoxy) is 2. The Morgan fingerprint density at radius 3 is 2.92 bits per heavy atom. The fraction of sp³-hybridized carbons (Fsp3) is 0.526. The summed E-state index contributed by atoms with van der Waals surface area (Å²) in [5, 5.41) is 14.0. The van der Waals surface area contributed by atoms with Crippen LogP contribution in [-0.2, 0) is 14.3 Å². The second-order valence-corrected chi connectivity index (χ2v) is 7.46. The number of hydrogen-bond donors (Lipinski definition) is 1. The van der Waals surface area contributed by atoms with Crippen LogP contribution in [-0.4, -0.2) is 22.2 Å². The van der Waals surface area contributed by atoms with Crippen molar-refractivity contribution < 1.29 is 14.3 Å². The highest BCUT2D eigenvalue weighted by Crippen LogP contribution is 2.48. The summed E-state index contributed by atoms with van der Waals surface area (Å²) in [5.41, 5.74) is 7.29. The molecule has 2 atom stereocenters. The molecule has 1 aromatic rings. The summed E-state index contributed by atoms with van der Waals surface area (Å²) in [5.74, 6) is 0.0131. The number of carbonyl (C=O) groups excluding carboxylic acids is 1. The molecule has 1 aromatic heterocycles. The SMILES string of the molecule is CCOC(C)n1nccc1C1C(C#N)=C(N)OC2=C1C(=O)CC(C)(C)C2. The van der Waals surface area contributed by atoms with E-state index in [2.05, 4.69) is 11.2 Å². The molecule has 7 nitrogen and oxygen atoms in total. The fourth-order valence-electron chi connectivity index (χ4n) is 3.75. The van der Waals surface area contributed by atoms with E-state index >= 15 is 0 Å². The Bertz CT molecular complexity index is 841. The van der Waals surface area contributed by atoms with Gasteiger partial charge >= 0.3 is 0 Å². The highest BCUT2D eigenvalue weighted by Gasteiger charge is 2.44. The zero-order chi connectivity index (χ0) is 19.1. The lowest BCUT2D eigenvalue weighted by Crippen LogP contribution is -2.34. The van der Waals surface area contributed by atoms with Crippen LogP contribution in [0.5, 0.6) is 0 Å². The number of aromatic nitrogens is 2. The molecule has 0 saturated carbocycles. The molecule has 138 valence electrons. The molecule has 26 heavy (non-hydrogen) atoms. The molecule has 0 bridgehead atoms. The molecule has 2 N–H and O–H groups in total. The number of carbonyl (C=O) groups is 1. The Balaban J connectivity index is 2.15. The largest absolute Gasteiger partial charge is 0.444 e. The zero-order valence-electron chi connectivity index (χ0n) is 15.6. The summed E-state index contributed by atoms with van der Waals surface area (Å²) >= 11 is 0. The molecule has 3 rings (SSSR count). The lowest BCUT2D eigenvalue weighted by Gasteiger charge is -2.37. The maximum Gasteiger partial charge on any atom is 0.205 e. The van der Waals surface area contributed by atoms with Gasteiger partial charge in [-0.15, -0.1) is 0 Å². The summed E-state index contributed by atoms with van der Waals surface area (Å²) in [4.78, 5) is 13.0. The highest BCUT2D eigenvalue weighted by molar-refractivity contribution is 5.99. The predicted molar refractivity (Wildman–Crippen MR) is 94.3 cm³/mol. The van der Waals surface area contributed by atoms with Crippen molar-refractivity contribution in [2.24, 2.45) is 11.1 Å². The summed E-state index contributed by atoms with van der Waals surface area (Å²) in [6.45, 7) is 8.35. The van der Waals surface area contributed by atoms with Crippen molar-refractivity contribution in [1.82, 2.24) is 9.78 Å². The molecule has 0 aromatic carbocycles.